The van der Waals surface area contributed by atoms with E-state index >= 15 is 0 Å². The van der Waals surface area contributed by atoms with Crippen molar-refractivity contribution < 1.29 is 73.8 Å². The molecule has 1 aliphatic heterocycles. The molecule has 3 amide bonds. The Bertz CT molecular complexity index is 2240. The summed E-state index contributed by atoms with van der Waals surface area (Å²) in [5.74, 6) is -7.38. The molecule has 0 radical (unpaired) electrons. The van der Waals surface area contributed by atoms with E-state index < -0.39 is 65.8 Å². The van der Waals surface area contributed by atoms with Crippen molar-refractivity contribution in [3.8, 4) is 0 Å². The van der Waals surface area contributed by atoms with Gasteiger partial charge in [-0.15, -0.1) is 0 Å². The molecule has 0 saturated carbocycles. The maximum Gasteiger partial charge on any atom is 0.326 e. The van der Waals surface area contributed by atoms with Gasteiger partial charge >= 0.3 is 41.8 Å². The Labute approximate surface area is 441 Å². The fourth-order valence-electron chi connectivity index (χ4n) is 8.41. The van der Waals surface area contributed by atoms with Gasteiger partial charge in [0.2, 0.25) is 5.91 Å². The molecule has 10 N–H and O–H groups in total. The van der Waals surface area contributed by atoms with Crippen LogP contribution < -0.4 is 21.3 Å². The molecule has 0 bridgehead atoms. The van der Waals surface area contributed by atoms with E-state index in [9.17, 15) is 68.7 Å². The van der Waals surface area contributed by atoms with E-state index in [2.05, 4.69) is 21.3 Å². The van der Waals surface area contributed by atoms with Crippen LogP contribution in [0.15, 0.2) is 48.5 Å². The number of rotatable bonds is 30. The molecule has 3 rings (SSSR count). The number of carboxylic acid groups (broad SMARTS) is 6. The number of carboxylic acids is 6. The third kappa shape index (κ3) is 26.3. The zero-order chi connectivity index (χ0) is 55.5. The fraction of sp³-hybridized carbons (Fsp3) is 0.560. The van der Waals surface area contributed by atoms with E-state index in [1.807, 2.05) is 43.3 Å². The number of nitrogens with zero attached hydrogens (tertiary/aromatic N) is 5. The molecular formula is C50H73N9O15S. The Morgan fingerprint density at radius 3 is 1.73 bits per heavy atom. The zero-order valence-corrected chi connectivity index (χ0v) is 43.4. The third-order valence-electron chi connectivity index (χ3n) is 12.4. The highest BCUT2D eigenvalue weighted by molar-refractivity contribution is 7.80. The van der Waals surface area contributed by atoms with Gasteiger partial charge in [0.15, 0.2) is 10.9 Å². The molecule has 24 nitrogen and oxygen atoms in total. The number of Topliss-reactive ketones (excluding diaryl/α,β-unsaturated/α-hetero) is 1. The SMILES string of the molecule is CC(=O)C(CCC(=O)O)NC(=O)NC(CCCCN(Cc1ccc(C)cc1)C(=O)CCCCNC(=S)Nc1ccc(CC2CN(CC(=O)O)CCN(CC(=O)O)CCN(CC(=O)O)CCN2CC(=O)O)cc1)C(=O)O. The monoisotopic (exact) mass is 1070 g/mol. The molecule has 3 unspecified atom stereocenters. The molecule has 0 spiro atoms. The first-order valence-corrected chi connectivity index (χ1v) is 25.2. The molecule has 1 saturated heterocycles. The average Bonchev–Trinajstić information content (AvgIpc) is 3.32. The minimum Gasteiger partial charge on any atom is -0.481 e. The maximum absolute atomic E-state index is 13.6. The first-order chi connectivity index (χ1) is 35.6. The Morgan fingerprint density at radius 1 is 0.627 bits per heavy atom. The number of urea groups is 1. The Kier molecular flexibility index (Phi) is 27.7. The highest BCUT2D eigenvalue weighted by Crippen LogP contribution is 2.17. The van der Waals surface area contributed by atoms with Crippen LogP contribution in [0.1, 0.15) is 75.0 Å². The molecule has 2 aromatic rings. The van der Waals surface area contributed by atoms with Crippen molar-refractivity contribution in [2.75, 3.05) is 90.4 Å². The number of anilines is 1. The normalized spacial score (nSPS) is 15.9. The van der Waals surface area contributed by atoms with Gasteiger partial charge in [-0.3, -0.25) is 53.2 Å². The lowest BCUT2D eigenvalue weighted by molar-refractivity contribution is -0.142. The molecule has 3 atom stereocenters. The number of carbonyl (C=O) groups excluding carboxylic acids is 3. The van der Waals surface area contributed by atoms with E-state index in [-0.39, 0.29) is 104 Å². The quantitative estimate of drug-likeness (QED) is 0.0393. The van der Waals surface area contributed by atoms with Crippen LogP contribution in [-0.4, -0.2) is 217 Å². The van der Waals surface area contributed by atoms with E-state index in [1.165, 1.54) is 6.92 Å². The van der Waals surface area contributed by atoms with E-state index in [4.69, 9.17) is 17.3 Å². The Hall–Kier alpha value is -6.80. The van der Waals surface area contributed by atoms with Crippen molar-refractivity contribution in [1.82, 2.24) is 40.4 Å². The number of unbranched alkanes of at least 4 members (excludes halogenated alkanes) is 2. The topological polar surface area (TPSA) is 339 Å². The summed E-state index contributed by atoms with van der Waals surface area (Å²) < 4.78 is 0. The summed E-state index contributed by atoms with van der Waals surface area (Å²) in [4.78, 5) is 117. The van der Waals surface area contributed by atoms with Crippen LogP contribution in [0.2, 0.25) is 0 Å². The van der Waals surface area contributed by atoms with Gasteiger partial charge in [-0.25, -0.2) is 9.59 Å². The van der Waals surface area contributed by atoms with Gasteiger partial charge < -0.3 is 56.8 Å². The Balaban J connectivity index is 1.58. The number of ketones is 1. The largest absolute Gasteiger partial charge is 0.481 e. The van der Waals surface area contributed by atoms with Crippen LogP contribution in [-0.2, 0) is 51.3 Å². The van der Waals surface area contributed by atoms with Gasteiger partial charge in [0.25, 0.3) is 0 Å². The molecule has 75 heavy (non-hydrogen) atoms. The molecular weight excluding hydrogens is 999 g/mol. The molecule has 25 heteroatoms. The average molecular weight is 1070 g/mol. The van der Waals surface area contributed by atoms with Crippen LogP contribution in [0, 0.1) is 6.92 Å². The number of carbonyl (C=O) groups is 9. The molecule has 414 valence electrons. The standard InChI is InChI=1S/C50H73N9O15S/c1-34-9-11-37(12-10-34)28-59(20-6-4-7-41(48(72)73)54-49(74)53-40(35(2)60)17-18-43(62)63)42(61)8-3-5-19-51-50(75)52-38-15-13-36(14-16-38)27-39-29-57(32-46(68)69)24-23-55(30-44(64)65)21-22-56(31-45(66)67)25-26-58(39)33-47(70)71/h9-16,39-41H,3-8,17-33H2,1-2H3,(H,62,63)(H,64,65)(H,66,67)(H,68,69)(H,70,71)(H,72,73)(H2,51,52,75)(H2,53,54,74). The predicted octanol–water partition coefficient (Wildman–Crippen LogP) is 1.70. The lowest BCUT2D eigenvalue weighted by Gasteiger charge is -2.37. The van der Waals surface area contributed by atoms with Crippen molar-refractivity contribution in [3.05, 3.63) is 65.2 Å². The summed E-state index contributed by atoms with van der Waals surface area (Å²) in [6, 6.07) is 11.2. The molecule has 0 aliphatic carbocycles. The summed E-state index contributed by atoms with van der Waals surface area (Å²) in [6.45, 7) is 4.07. The summed E-state index contributed by atoms with van der Waals surface area (Å²) in [5, 5.41) is 68.8. The fourth-order valence-corrected chi connectivity index (χ4v) is 8.63. The first kappa shape index (κ1) is 62.5. The second kappa shape index (κ2) is 33.2. The van der Waals surface area contributed by atoms with E-state index in [0.29, 0.717) is 62.5 Å². The number of benzene rings is 2. The maximum atomic E-state index is 13.6. The van der Waals surface area contributed by atoms with Gasteiger partial charge in [-0.05, 0) is 94.3 Å². The molecule has 0 aromatic heterocycles. The van der Waals surface area contributed by atoms with Crippen molar-refractivity contribution >= 4 is 76.6 Å². The van der Waals surface area contributed by atoms with Crippen LogP contribution in [0.25, 0.3) is 0 Å². The van der Waals surface area contributed by atoms with E-state index in [0.717, 1.165) is 16.7 Å². The second-order valence-corrected chi connectivity index (χ2v) is 19.0. The number of thiocarbonyl (C=S) groups is 1. The summed E-state index contributed by atoms with van der Waals surface area (Å²) >= 11 is 5.54. The van der Waals surface area contributed by atoms with Gasteiger partial charge in [0.1, 0.15) is 6.04 Å². The number of hydrogen-bond acceptors (Lipinski definition) is 14. The highest BCUT2D eigenvalue weighted by Gasteiger charge is 2.28. The molecule has 1 heterocycles. The van der Waals surface area contributed by atoms with E-state index in [1.54, 1.807) is 36.6 Å². The lowest BCUT2D eigenvalue weighted by Crippen LogP contribution is -2.53. The van der Waals surface area contributed by atoms with Crippen LogP contribution in [0.3, 0.4) is 0 Å². The van der Waals surface area contributed by atoms with Crippen LogP contribution >= 0.6 is 12.2 Å². The minimum absolute atomic E-state index is 0.0404. The van der Waals surface area contributed by atoms with Crippen molar-refractivity contribution in [2.24, 2.45) is 0 Å². The molecule has 1 aliphatic rings. The van der Waals surface area contributed by atoms with Crippen molar-refractivity contribution in [2.45, 2.75) is 96.3 Å². The van der Waals surface area contributed by atoms with Gasteiger partial charge in [0.05, 0.1) is 32.2 Å². The van der Waals surface area contributed by atoms with Gasteiger partial charge in [0, 0.05) is 90.0 Å². The minimum atomic E-state index is -1.29. The smallest absolute Gasteiger partial charge is 0.326 e. The summed E-state index contributed by atoms with van der Waals surface area (Å²) in [7, 11) is 0. The predicted molar refractivity (Wildman–Crippen MR) is 278 cm³/mol. The number of nitrogens with one attached hydrogen (secondary N) is 4. The Morgan fingerprint density at radius 2 is 1.17 bits per heavy atom. The summed E-state index contributed by atoms with van der Waals surface area (Å²) in [5.41, 5.74) is 3.43. The first-order valence-electron chi connectivity index (χ1n) is 24.8. The van der Waals surface area contributed by atoms with Crippen molar-refractivity contribution in [3.63, 3.8) is 0 Å². The second-order valence-electron chi connectivity index (χ2n) is 18.6. The zero-order valence-electron chi connectivity index (χ0n) is 42.6. The van der Waals surface area contributed by atoms with Crippen LogP contribution in [0.4, 0.5) is 10.5 Å². The number of aliphatic carboxylic acids is 6. The highest BCUT2D eigenvalue weighted by atomic mass is 32.1. The third-order valence-corrected chi connectivity index (χ3v) is 12.7. The number of amides is 3. The molecule has 2 aromatic carbocycles. The molecule has 1 fully saturated rings. The summed E-state index contributed by atoms with van der Waals surface area (Å²) in [6.07, 6.45) is 1.97. The number of aryl methyl sites for hydroxylation is 1. The lowest BCUT2D eigenvalue weighted by atomic mass is 10.0. The van der Waals surface area contributed by atoms with Crippen LogP contribution in [0.5, 0.6) is 0 Å². The van der Waals surface area contributed by atoms with Gasteiger partial charge in [-0.2, -0.15) is 0 Å². The number of hydrogen-bond donors (Lipinski definition) is 10. The van der Waals surface area contributed by atoms with Gasteiger partial charge in [-0.1, -0.05) is 42.0 Å². The van der Waals surface area contributed by atoms with Crippen molar-refractivity contribution in [1.29, 1.82) is 0 Å².